The molecule has 0 saturated heterocycles. The minimum absolute atomic E-state index is 0.113. The van der Waals surface area contributed by atoms with Crippen LogP contribution in [0.25, 0.3) is 0 Å². The average molecular weight is 329 g/mol. The van der Waals surface area contributed by atoms with Crippen molar-refractivity contribution in [2.45, 2.75) is 32.4 Å². The Morgan fingerprint density at radius 2 is 1.96 bits per heavy atom. The predicted octanol–water partition coefficient (Wildman–Crippen LogP) is 2.44. The van der Waals surface area contributed by atoms with Crippen LogP contribution in [0.2, 0.25) is 0 Å². The Balaban J connectivity index is 1.82. The SMILES string of the molecule is CCC(C(=O)N1CCc2cc(OC)c(OC)cc2C1)n1cccn1. The van der Waals surface area contributed by atoms with Gasteiger partial charge in [-0.05, 0) is 42.2 Å². The number of ether oxygens (including phenoxy) is 2. The molecular formula is C18H23N3O3. The fourth-order valence-electron chi connectivity index (χ4n) is 3.22. The zero-order valence-electron chi connectivity index (χ0n) is 14.4. The number of nitrogens with zero attached hydrogens (tertiary/aromatic N) is 3. The maximum Gasteiger partial charge on any atom is 0.247 e. The van der Waals surface area contributed by atoms with Crippen LogP contribution >= 0.6 is 0 Å². The third-order valence-electron chi connectivity index (χ3n) is 4.55. The highest BCUT2D eigenvalue weighted by Crippen LogP contribution is 2.33. The number of hydrogen-bond acceptors (Lipinski definition) is 4. The van der Waals surface area contributed by atoms with Crippen LogP contribution < -0.4 is 9.47 Å². The van der Waals surface area contributed by atoms with Gasteiger partial charge in [-0.15, -0.1) is 0 Å². The van der Waals surface area contributed by atoms with Crippen LogP contribution in [0.5, 0.6) is 11.5 Å². The predicted molar refractivity (Wildman–Crippen MR) is 90.2 cm³/mol. The van der Waals surface area contributed by atoms with Crippen LogP contribution in [0, 0.1) is 0 Å². The zero-order chi connectivity index (χ0) is 17.1. The Labute approximate surface area is 142 Å². The van der Waals surface area contributed by atoms with E-state index in [9.17, 15) is 4.79 Å². The third kappa shape index (κ3) is 2.96. The molecule has 0 fully saturated rings. The van der Waals surface area contributed by atoms with Crippen LogP contribution in [0.3, 0.4) is 0 Å². The van der Waals surface area contributed by atoms with Gasteiger partial charge >= 0.3 is 0 Å². The van der Waals surface area contributed by atoms with Gasteiger partial charge in [-0.3, -0.25) is 9.48 Å². The average Bonchev–Trinajstić information content (AvgIpc) is 3.14. The minimum Gasteiger partial charge on any atom is -0.493 e. The largest absolute Gasteiger partial charge is 0.493 e. The fraction of sp³-hybridized carbons (Fsp3) is 0.444. The molecule has 1 amide bonds. The van der Waals surface area contributed by atoms with Gasteiger partial charge in [0.15, 0.2) is 11.5 Å². The molecule has 1 aromatic heterocycles. The summed E-state index contributed by atoms with van der Waals surface area (Å²) in [7, 11) is 3.26. The maximum absolute atomic E-state index is 12.9. The number of amides is 1. The first-order valence-electron chi connectivity index (χ1n) is 8.19. The molecule has 0 bridgehead atoms. The Morgan fingerprint density at radius 3 is 2.54 bits per heavy atom. The number of fused-ring (bicyclic) bond motifs is 1. The van der Waals surface area contributed by atoms with Gasteiger partial charge in [0.1, 0.15) is 6.04 Å². The van der Waals surface area contributed by atoms with Gasteiger partial charge in [0, 0.05) is 25.5 Å². The molecule has 2 aromatic rings. The number of rotatable bonds is 5. The Kier molecular flexibility index (Phi) is 4.74. The molecule has 0 radical (unpaired) electrons. The van der Waals surface area contributed by atoms with Gasteiger partial charge in [-0.25, -0.2) is 0 Å². The van der Waals surface area contributed by atoms with Crippen molar-refractivity contribution in [3.8, 4) is 11.5 Å². The van der Waals surface area contributed by atoms with Crippen LogP contribution in [0.4, 0.5) is 0 Å². The molecule has 128 valence electrons. The summed E-state index contributed by atoms with van der Waals surface area (Å²) in [5.74, 6) is 1.55. The number of aromatic nitrogens is 2. The van der Waals surface area contributed by atoms with Gasteiger partial charge in [-0.2, -0.15) is 5.10 Å². The van der Waals surface area contributed by atoms with Gasteiger partial charge in [0.2, 0.25) is 5.91 Å². The number of benzene rings is 1. The van der Waals surface area contributed by atoms with Crippen molar-refractivity contribution in [1.82, 2.24) is 14.7 Å². The van der Waals surface area contributed by atoms with E-state index in [4.69, 9.17) is 9.47 Å². The number of carbonyl (C=O) groups is 1. The second-order valence-electron chi connectivity index (χ2n) is 5.90. The summed E-state index contributed by atoms with van der Waals surface area (Å²) in [4.78, 5) is 14.8. The summed E-state index contributed by atoms with van der Waals surface area (Å²) < 4.78 is 12.5. The van der Waals surface area contributed by atoms with Gasteiger partial charge < -0.3 is 14.4 Å². The molecule has 0 aliphatic carbocycles. The lowest BCUT2D eigenvalue weighted by molar-refractivity contribution is -0.136. The number of carbonyl (C=O) groups excluding carboxylic acids is 1. The molecular weight excluding hydrogens is 306 g/mol. The molecule has 1 aromatic carbocycles. The van der Waals surface area contributed by atoms with Crippen molar-refractivity contribution >= 4 is 5.91 Å². The van der Waals surface area contributed by atoms with Crippen molar-refractivity contribution in [3.05, 3.63) is 41.7 Å². The van der Waals surface area contributed by atoms with Crippen molar-refractivity contribution in [1.29, 1.82) is 0 Å². The summed E-state index contributed by atoms with van der Waals surface area (Å²) in [6.07, 6.45) is 5.09. The summed E-state index contributed by atoms with van der Waals surface area (Å²) in [6, 6.07) is 5.59. The molecule has 6 heteroatoms. The summed E-state index contributed by atoms with van der Waals surface area (Å²) in [5.41, 5.74) is 2.33. The second-order valence-corrected chi connectivity index (χ2v) is 5.90. The van der Waals surface area contributed by atoms with E-state index >= 15 is 0 Å². The molecule has 1 atom stereocenters. The normalized spacial score (nSPS) is 14.9. The highest BCUT2D eigenvalue weighted by molar-refractivity contribution is 5.80. The first-order chi connectivity index (χ1) is 11.7. The Morgan fingerprint density at radius 1 is 1.25 bits per heavy atom. The molecule has 1 unspecified atom stereocenters. The molecule has 3 rings (SSSR count). The van der Waals surface area contributed by atoms with E-state index in [0.717, 1.165) is 24.2 Å². The highest BCUT2D eigenvalue weighted by Gasteiger charge is 2.28. The molecule has 24 heavy (non-hydrogen) atoms. The second kappa shape index (κ2) is 6.95. The van der Waals surface area contributed by atoms with E-state index in [1.54, 1.807) is 25.1 Å². The van der Waals surface area contributed by atoms with Crippen molar-refractivity contribution < 1.29 is 14.3 Å². The monoisotopic (exact) mass is 329 g/mol. The van der Waals surface area contributed by atoms with Crippen LogP contribution in [0.15, 0.2) is 30.6 Å². The first-order valence-corrected chi connectivity index (χ1v) is 8.19. The van der Waals surface area contributed by atoms with Gasteiger partial charge in [0.05, 0.1) is 14.2 Å². The quantitative estimate of drug-likeness (QED) is 0.845. The Hall–Kier alpha value is -2.50. The minimum atomic E-state index is -0.248. The Bertz CT molecular complexity index is 713. The van der Waals surface area contributed by atoms with Crippen LogP contribution in [0.1, 0.15) is 30.5 Å². The smallest absolute Gasteiger partial charge is 0.247 e. The van der Waals surface area contributed by atoms with Crippen LogP contribution in [-0.4, -0.2) is 41.4 Å². The molecule has 6 nitrogen and oxygen atoms in total. The summed E-state index contributed by atoms with van der Waals surface area (Å²) in [6.45, 7) is 3.31. The third-order valence-corrected chi connectivity index (χ3v) is 4.55. The van der Waals surface area contributed by atoms with E-state index in [-0.39, 0.29) is 11.9 Å². The molecule has 0 saturated carbocycles. The van der Waals surface area contributed by atoms with E-state index in [1.807, 2.05) is 36.2 Å². The van der Waals surface area contributed by atoms with Gasteiger partial charge in [0.25, 0.3) is 0 Å². The standard InChI is InChI=1S/C18H23N3O3/c1-4-15(21-8-5-7-19-21)18(22)20-9-6-13-10-16(23-2)17(24-3)11-14(13)12-20/h5,7-8,10-11,15H,4,6,9,12H2,1-3H3. The van der Waals surface area contributed by atoms with Crippen molar-refractivity contribution in [3.63, 3.8) is 0 Å². The number of hydrogen-bond donors (Lipinski definition) is 0. The lowest BCUT2D eigenvalue weighted by atomic mass is 9.98. The molecule has 0 spiro atoms. The van der Waals surface area contributed by atoms with Crippen molar-refractivity contribution in [2.24, 2.45) is 0 Å². The molecule has 1 aliphatic heterocycles. The van der Waals surface area contributed by atoms with E-state index < -0.39 is 0 Å². The lowest BCUT2D eigenvalue weighted by Gasteiger charge is -2.32. The summed E-state index contributed by atoms with van der Waals surface area (Å²) in [5, 5.41) is 4.23. The van der Waals surface area contributed by atoms with Crippen LogP contribution in [-0.2, 0) is 17.8 Å². The van der Waals surface area contributed by atoms with Crippen molar-refractivity contribution in [2.75, 3.05) is 20.8 Å². The lowest BCUT2D eigenvalue weighted by Crippen LogP contribution is -2.40. The first kappa shape index (κ1) is 16.4. The van der Waals surface area contributed by atoms with E-state index in [0.29, 0.717) is 18.8 Å². The zero-order valence-corrected chi connectivity index (χ0v) is 14.4. The summed E-state index contributed by atoms with van der Waals surface area (Å²) >= 11 is 0. The van der Waals surface area contributed by atoms with E-state index in [2.05, 4.69) is 5.10 Å². The highest BCUT2D eigenvalue weighted by atomic mass is 16.5. The topological polar surface area (TPSA) is 56.6 Å². The molecule has 0 N–H and O–H groups in total. The van der Waals surface area contributed by atoms with E-state index in [1.165, 1.54) is 5.56 Å². The maximum atomic E-state index is 12.9. The molecule has 1 aliphatic rings. The number of methoxy groups -OCH3 is 2. The van der Waals surface area contributed by atoms with Gasteiger partial charge in [-0.1, -0.05) is 6.92 Å². The molecule has 2 heterocycles. The fourth-order valence-corrected chi connectivity index (χ4v) is 3.22.